The zero-order valence-corrected chi connectivity index (χ0v) is 26.3. The van der Waals surface area contributed by atoms with Gasteiger partial charge in [-0.3, -0.25) is 19.8 Å². The lowest BCUT2D eigenvalue weighted by Crippen LogP contribution is -2.62. The lowest BCUT2D eigenvalue weighted by molar-refractivity contribution is -0.384. The molecular weight excluding hydrogens is 575 g/mol. The molecule has 0 spiro atoms. The summed E-state index contributed by atoms with van der Waals surface area (Å²) < 4.78 is 18.0. The van der Waals surface area contributed by atoms with Crippen LogP contribution in [0.25, 0.3) is 0 Å². The molecule has 0 saturated carbocycles. The molecule has 1 aromatic carbocycles. The summed E-state index contributed by atoms with van der Waals surface area (Å²) in [6, 6.07) is 5.75. The van der Waals surface area contributed by atoms with Gasteiger partial charge in [-0.15, -0.1) is 11.8 Å². The van der Waals surface area contributed by atoms with Gasteiger partial charge < -0.3 is 18.8 Å². The highest BCUT2D eigenvalue weighted by atomic mass is 32.2. The fourth-order valence-corrected chi connectivity index (χ4v) is 9.09. The third kappa shape index (κ3) is 6.04. The first-order chi connectivity index (χ1) is 18.6. The maximum atomic E-state index is 13.5. The van der Waals surface area contributed by atoms with Crippen molar-refractivity contribution in [3.63, 3.8) is 0 Å². The Hall–Kier alpha value is -2.55. The van der Waals surface area contributed by atoms with Crippen LogP contribution in [0.2, 0.25) is 18.1 Å². The lowest BCUT2D eigenvalue weighted by atomic mass is 9.92. The van der Waals surface area contributed by atoms with E-state index in [2.05, 4.69) is 33.9 Å². The van der Waals surface area contributed by atoms with Gasteiger partial charge in [0.2, 0.25) is 5.91 Å². The Kier molecular flexibility index (Phi) is 8.65. The van der Waals surface area contributed by atoms with E-state index in [4.69, 9.17) is 13.9 Å². The molecule has 0 bridgehead atoms. The van der Waals surface area contributed by atoms with Crippen molar-refractivity contribution in [2.75, 3.05) is 20.2 Å². The minimum absolute atomic E-state index is 0.0207. The van der Waals surface area contributed by atoms with Crippen LogP contribution in [0, 0.1) is 16.0 Å². The smallest absolute Gasteiger partial charge is 0.409 e. The standard InChI is InChI=1S/C26H35N3O8S2Si/c1-15(37-40(6,7)26(2,3)4)19-21(30)28-20(23(31)35-13-16-8-10-17(11-9-16)29(33)34)24(39-22(19)28)38-18-12-27(5)25(32)36-14-18/h8-11,15,18-19,22H,12-14H2,1-7H3/t15-,18?,19+,22-/m1/s1. The van der Waals surface area contributed by atoms with Gasteiger partial charge in [-0.2, -0.15) is 0 Å². The van der Waals surface area contributed by atoms with Gasteiger partial charge in [0.15, 0.2) is 14.0 Å². The van der Waals surface area contributed by atoms with Gasteiger partial charge in [0, 0.05) is 25.7 Å². The third-order valence-electron chi connectivity index (χ3n) is 7.70. The van der Waals surface area contributed by atoms with E-state index >= 15 is 0 Å². The van der Waals surface area contributed by atoms with Gasteiger partial charge in [0.05, 0.1) is 26.4 Å². The molecule has 4 atom stereocenters. The number of non-ortho nitro benzene ring substituents is 1. The molecule has 4 rings (SSSR count). The fourth-order valence-electron chi connectivity index (χ4n) is 4.39. The number of thioether (sulfide) groups is 2. The largest absolute Gasteiger partial charge is 0.456 e. The number of ether oxygens (including phenoxy) is 2. The zero-order valence-electron chi connectivity index (χ0n) is 23.7. The van der Waals surface area contributed by atoms with Crippen LogP contribution in [0.4, 0.5) is 10.5 Å². The normalized spacial score (nSPS) is 23.9. The van der Waals surface area contributed by atoms with Gasteiger partial charge in [-0.25, -0.2) is 9.59 Å². The van der Waals surface area contributed by atoms with Crippen LogP contribution in [-0.2, 0) is 30.1 Å². The Balaban J connectivity index is 1.52. The summed E-state index contributed by atoms with van der Waals surface area (Å²) >= 11 is 2.84. The third-order valence-corrected chi connectivity index (χ3v) is 15.0. The quantitative estimate of drug-likeness (QED) is 0.125. The van der Waals surface area contributed by atoms with Crippen LogP contribution >= 0.6 is 23.5 Å². The maximum absolute atomic E-state index is 13.5. The monoisotopic (exact) mass is 609 g/mol. The van der Waals surface area contributed by atoms with Crippen LogP contribution in [0.15, 0.2) is 34.2 Å². The van der Waals surface area contributed by atoms with Crippen LogP contribution in [-0.4, -0.2) is 77.9 Å². The molecule has 2 fully saturated rings. The summed E-state index contributed by atoms with van der Waals surface area (Å²) in [5, 5.41) is 10.5. The van der Waals surface area contributed by atoms with Gasteiger partial charge in [0.1, 0.15) is 18.6 Å². The molecule has 2 saturated heterocycles. The number of hydrogen-bond donors (Lipinski definition) is 0. The number of amides is 2. The van der Waals surface area contributed by atoms with Crippen molar-refractivity contribution < 1.29 is 33.2 Å². The molecule has 1 unspecified atom stereocenters. The summed E-state index contributed by atoms with van der Waals surface area (Å²) in [7, 11) is -0.490. The van der Waals surface area contributed by atoms with E-state index in [0.717, 1.165) is 0 Å². The Morgan fingerprint density at radius 2 is 1.93 bits per heavy atom. The summed E-state index contributed by atoms with van der Waals surface area (Å²) in [4.78, 5) is 52.1. The number of nitro benzene ring substituents is 1. The number of β-lactam (4-membered cyclic amide) rings is 1. The Labute approximate surface area is 243 Å². The fraction of sp³-hybridized carbons (Fsp3) is 0.577. The van der Waals surface area contributed by atoms with Crippen LogP contribution in [0.5, 0.6) is 0 Å². The first-order valence-corrected chi connectivity index (χ1v) is 17.6. The summed E-state index contributed by atoms with van der Waals surface area (Å²) in [5.74, 6) is -1.25. The number of benzene rings is 1. The molecule has 0 aliphatic carbocycles. The Morgan fingerprint density at radius 3 is 2.50 bits per heavy atom. The van der Waals surface area contributed by atoms with Crippen LogP contribution in [0.3, 0.4) is 0 Å². The number of rotatable bonds is 9. The highest BCUT2D eigenvalue weighted by Gasteiger charge is 2.59. The van der Waals surface area contributed by atoms with Gasteiger partial charge in [-0.05, 0) is 42.8 Å². The molecule has 0 aromatic heterocycles. The number of carbonyl (C=O) groups is 3. The molecular formula is C26H35N3O8S2Si. The average molecular weight is 610 g/mol. The molecule has 3 aliphatic heterocycles. The molecule has 3 aliphatic rings. The van der Waals surface area contributed by atoms with Crippen molar-refractivity contribution in [2.45, 2.75) is 69.2 Å². The maximum Gasteiger partial charge on any atom is 0.409 e. The molecule has 11 nitrogen and oxygen atoms in total. The first kappa shape index (κ1) is 30.4. The number of nitrogens with zero attached hydrogens (tertiary/aromatic N) is 3. The highest BCUT2D eigenvalue weighted by molar-refractivity contribution is 8.23. The summed E-state index contributed by atoms with van der Waals surface area (Å²) in [6.45, 7) is 13.2. The number of nitro groups is 1. The second-order valence-electron chi connectivity index (χ2n) is 11.7. The summed E-state index contributed by atoms with van der Waals surface area (Å²) in [5.41, 5.74) is 0.708. The van der Waals surface area contributed by atoms with Crippen molar-refractivity contribution >= 4 is 55.5 Å². The zero-order chi connectivity index (χ0) is 29.6. The number of cyclic esters (lactones) is 1. The second-order valence-corrected chi connectivity index (χ2v) is 19.1. The molecule has 14 heteroatoms. The van der Waals surface area contributed by atoms with Gasteiger partial charge in [-0.1, -0.05) is 32.5 Å². The highest BCUT2D eigenvalue weighted by Crippen LogP contribution is 2.55. The van der Waals surface area contributed by atoms with Gasteiger partial charge in [0.25, 0.3) is 5.69 Å². The topological polar surface area (TPSA) is 129 Å². The van der Waals surface area contributed by atoms with E-state index in [1.54, 1.807) is 7.05 Å². The predicted molar refractivity (Wildman–Crippen MR) is 155 cm³/mol. The SMILES string of the molecule is C[C@@H](O[Si](C)(C)C(C)(C)C)[C@H]1C(=O)N2C(C(=O)OCc3ccc([N+](=O)[O-])cc3)=C(SC3COC(=O)N(C)C3)S[C@H]12. The van der Waals surface area contributed by atoms with E-state index < -0.39 is 31.2 Å². The number of carbonyl (C=O) groups excluding carboxylic acids is 3. The van der Waals surface area contributed by atoms with Crippen molar-refractivity contribution in [1.29, 1.82) is 0 Å². The number of hydrogen-bond acceptors (Lipinski definition) is 10. The summed E-state index contributed by atoms with van der Waals surface area (Å²) in [6.07, 6.45) is -0.728. The first-order valence-electron chi connectivity index (χ1n) is 13.0. The Bertz CT molecular complexity index is 1230. The van der Waals surface area contributed by atoms with E-state index in [1.165, 1.54) is 57.6 Å². The number of fused-ring (bicyclic) bond motifs is 1. The second kappa shape index (κ2) is 11.4. The van der Waals surface area contributed by atoms with Gasteiger partial charge >= 0.3 is 12.1 Å². The minimum Gasteiger partial charge on any atom is -0.456 e. The molecule has 2 amide bonds. The molecule has 40 heavy (non-hydrogen) atoms. The molecule has 218 valence electrons. The average Bonchev–Trinajstić information content (AvgIpc) is 3.17. The van der Waals surface area contributed by atoms with E-state index in [-0.39, 0.29) is 52.3 Å². The van der Waals surface area contributed by atoms with E-state index in [9.17, 15) is 24.5 Å². The molecule has 3 heterocycles. The Morgan fingerprint density at radius 1 is 1.27 bits per heavy atom. The number of esters is 1. The van der Waals surface area contributed by atoms with E-state index in [0.29, 0.717) is 16.3 Å². The molecule has 0 radical (unpaired) electrons. The van der Waals surface area contributed by atoms with Crippen molar-refractivity contribution in [3.8, 4) is 0 Å². The lowest BCUT2D eigenvalue weighted by Gasteiger charge is -2.48. The van der Waals surface area contributed by atoms with Crippen LogP contribution < -0.4 is 0 Å². The van der Waals surface area contributed by atoms with Crippen molar-refractivity contribution in [3.05, 3.63) is 49.9 Å². The van der Waals surface area contributed by atoms with Crippen molar-refractivity contribution in [1.82, 2.24) is 9.80 Å². The molecule has 0 N–H and O–H groups in total. The van der Waals surface area contributed by atoms with E-state index in [1.807, 2.05) is 6.92 Å². The molecule has 1 aromatic rings. The van der Waals surface area contributed by atoms with Crippen LogP contribution in [0.1, 0.15) is 33.3 Å². The predicted octanol–water partition coefficient (Wildman–Crippen LogP) is 4.93. The van der Waals surface area contributed by atoms with Crippen molar-refractivity contribution in [2.24, 2.45) is 5.92 Å². The minimum atomic E-state index is -2.14.